The first-order chi connectivity index (χ1) is 12.0. The SMILES string of the molecule is CC(C)CCNC(N)=NCc1cccc(NC(=O)Cn2cccn2)c1.I. The van der Waals surface area contributed by atoms with Gasteiger partial charge in [-0.05, 0) is 36.1 Å². The van der Waals surface area contributed by atoms with Crippen molar-refractivity contribution in [3.8, 4) is 0 Å². The Hall–Kier alpha value is -2.10. The number of rotatable bonds is 8. The maximum absolute atomic E-state index is 12.0. The van der Waals surface area contributed by atoms with Crippen LogP contribution >= 0.6 is 24.0 Å². The van der Waals surface area contributed by atoms with E-state index in [0.717, 1.165) is 24.2 Å². The number of nitrogens with zero attached hydrogens (tertiary/aromatic N) is 3. The highest BCUT2D eigenvalue weighted by molar-refractivity contribution is 14.0. The summed E-state index contributed by atoms with van der Waals surface area (Å²) < 4.78 is 1.58. The molecule has 0 radical (unpaired) electrons. The Morgan fingerprint density at radius 1 is 1.35 bits per heavy atom. The molecule has 2 rings (SSSR count). The Bertz CT molecular complexity index is 699. The smallest absolute Gasteiger partial charge is 0.246 e. The van der Waals surface area contributed by atoms with Crippen molar-refractivity contribution in [3.63, 3.8) is 0 Å². The molecule has 1 amide bonds. The average Bonchev–Trinajstić information content (AvgIpc) is 3.05. The topological polar surface area (TPSA) is 97.3 Å². The fourth-order valence-corrected chi connectivity index (χ4v) is 2.21. The summed E-state index contributed by atoms with van der Waals surface area (Å²) in [5, 5.41) is 9.98. The molecule has 1 aromatic carbocycles. The van der Waals surface area contributed by atoms with Crippen LogP contribution in [0.1, 0.15) is 25.8 Å². The van der Waals surface area contributed by atoms with Crippen LogP contribution in [0.15, 0.2) is 47.7 Å². The summed E-state index contributed by atoms with van der Waals surface area (Å²) in [4.78, 5) is 16.3. The minimum atomic E-state index is -0.126. The van der Waals surface area contributed by atoms with Crippen molar-refractivity contribution < 1.29 is 4.79 Å². The lowest BCUT2D eigenvalue weighted by atomic mass is 10.1. The zero-order valence-electron chi connectivity index (χ0n) is 15.2. The molecule has 1 aromatic heterocycles. The van der Waals surface area contributed by atoms with Crippen molar-refractivity contribution in [1.29, 1.82) is 0 Å². The quantitative estimate of drug-likeness (QED) is 0.314. The summed E-state index contributed by atoms with van der Waals surface area (Å²) in [5.41, 5.74) is 7.57. The highest BCUT2D eigenvalue weighted by atomic mass is 127. The second-order valence-electron chi connectivity index (χ2n) is 6.26. The third kappa shape index (κ3) is 8.32. The van der Waals surface area contributed by atoms with Gasteiger partial charge in [0.15, 0.2) is 5.96 Å². The van der Waals surface area contributed by atoms with Gasteiger partial charge in [0.25, 0.3) is 0 Å². The van der Waals surface area contributed by atoms with Crippen LogP contribution < -0.4 is 16.4 Å². The largest absolute Gasteiger partial charge is 0.370 e. The summed E-state index contributed by atoms with van der Waals surface area (Å²) >= 11 is 0. The van der Waals surface area contributed by atoms with Gasteiger partial charge in [-0.3, -0.25) is 9.48 Å². The van der Waals surface area contributed by atoms with E-state index in [0.29, 0.717) is 18.4 Å². The third-order valence-corrected chi connectivity index (χ3v) is 3.54. The molecule has 142 valence electrons. The van der Waals surface area contributed by atoms with E-state index in [1.165, 1.54) is 0 Å². The van der Waals surface area contributed by atoms with Crippen LogP contribution in [0.2, 0.25) is 0 Å². The number of guanidine groups is 1. The van der Waals surface area contributed by atoms with E-state index in [9.17, 15) is 4.79 Å². The number of nitrogens with two attached hydrogens (primary N) is 1. The minimum absolute atomic E-state index is 0. The number of halogens is 1. The molecule has 0 saturated heterocycles. The standard InChI is InChI=1S/C18H26N6O.HI/c1-14(2)7-9-20-18(19)21-12-15-5-3-6-16(11-15)23-17(25)13-24-10-4-8-22-24;/h3-6,8,10-11,14H,7,9,12-13H2,1-2H3,(H,23,25)(H3,19,20,21);1H. The molecule has 0 atom stereocenters. The molecule has 0 fully saturated rings. The summed E-state index contributed by atoms with van der Waals surface area (Å²) in [6.45, 7) is 5.80. The highest BCUT2D eigenvalue weighted by Crippen LogP contribution is 2.11. The van der Waals surface area contributed by atoms with Gasteiger partial charge >= 0.3 is 0 Å². The normalized spacial score (nSPS) is 11.1. The molecule has 1 heterocycles. The molecule has 0 aliphatic rings. The van der Waals surface area contributed by atoms with E-state index in [4.69, 9.17) is 5.73 Å². The van der Waals surface area contributed by atoms with Crippen molar-refractivity contribution >= 4 is 41.5 Å². The van der Waals surface area contributed by atoms with Crippen molar-refractivity contribution in [2.75, 3.05) is 11.9 Å². The van der Waals surface area contributed by atoms with Crippen LogP contribution in [0.5, 0.6) is 0 Å². The molecule has 0 aliphatic heterocycles. The average molecular weight is 470 g/mol. The number of amides is 1. The fraction of sp³-hybridized carbons (Fsp3) is 0.389. The summed E-state index contributed by atoms with van der Waals surface area (Å²) in [6, 6.07) is 9.36. The minimum Gasteiger partial charge on any atom is -0.370 e. The van der Waals surface area contributed by atoms with E-state index in [1.54, 1.807) is 23.1 Å². The Morgan fingerprint density at radius 2 is 2.15 bits per heavy atom. The van der Waals surface area contributed by atoms with Gasteiger partial charge in [0.2, 0.25) is 5.91 Å². The van der Waals surface area contributed by atoms with Gasteiger partial charge in [-0.2, -0.15) is 5.10 Å². The summed E-state index contributed by atoms with van der Waals surface area (Å²) in [6.07, 6.45) is 4.44. The van der Waals surface area contributed by atoms with E-state index in [1.807, 2.05) is 24.3 Å². The number of hydrogen-bond acceptors (Lipinski definition) is 3. The predicted octanol–water partition coefficient (Wildman–Crippen LogP) is 2.59. The van der Waals surface area contributed by atoms with Crippen LogP contribution in [0.4, 0.5) is 5.69 Å². The number of hydrogen-bond donors (Lipinski definition) is 3. The predicted molar refractivity (Wildman–Crippen MR) is 115 cm³/mol. The zero-order valence-corrected chi connectivity index (χ0v) is 17.5. The van der Waals surface area contributed by atoms with Gasteiger partial charge in [0.1, 0.15) is 6.54 Å². The zero-order chi connectivity index (χ0) is 18.1. The highest BCUT2D eigenvalue weighted by Gasteiger charge is 2.04. The van der Waals surface area contributed by atoms with Crippen molar-refractivity contribution in [3.05, 3.63) is 48.3 Å². The Kier molecular flexibility index (Phi) is 9.71. The number of nitrogens with one attached hydrogen (secondary N) is 2. The monoisotopic (exact) mass is 470 g/mol. The Labute approximate surface area is 171 Å². The van der Waals surface area contributed by atoms with E-state index in [-0.39, 0.29) is 36.4 Å². The number of benzene rings is 1. The fourth-order valence-electron chi connectivity index (χ4n) is 2.21. The maximum atomic E-state index is 12.0. The lowest BCUT2D eigenvalue weighted by Crippen LogP contribution is -2.32. The first-order valence-electron chi connectivity index (χ1n) is 8.43. The first-order valence-corrected chi connectivity index (χ1v) is 8.43. The molecule has 4 N–H and O–H groups in total. The second kappa shape index (κ2) is 11.5. The number of anilines is 1. The van der Waals surface area contributed by atoms with Gasteiger partial charge in [0.05, 0.1) is 6.54 Å². The van der Waals surface area contributed by atoms with Gasteiger partial charge in [-0.25, -0.2) is 4.99 Å². The Balaban J connectivity index is 0.00000338. The van der Waals surface area contributed by atoms with Crippen LogP contribution in [-0.2, 0) is 17.9 Å². The third-order valence-electron chi connectivity index (χ3n) is 3.54. The molecule has 0 unspecified atom stereocenters. The van der Waals surface area contributed by atoms with Crippen LogP contribution in [-0.4, -0.2) is 28.2 Å². The molecule has 8 heteroatoms. The summed E-state index contributed by atoms with van der Waals surface area (Å²) in [7, 11) is 0. The Morgan fingerprint density at radius 3 is 2.85 bits per heavy atom. The van der Waals surface area contributed by atoms with Crippen molar-refractivity contribution in [2.24, 2.45) is 16.6 Å². The number of carbonyl (C=O) groups is 1. The van der Waals surface area contributed by atoms with Gasteiger partial charge in [-0.1, -0.05) is 26.0 Å². The molecule has 0 bridgehead atoms. The molecular weight excluding hydrogens is 443 g/mol. The van der Waals surface area contributed by atoms with E-state index < -0.39 is 0 Å². The molecule has 7 nitrogen and oxygen atoms in total. The number of carbonyl (C=O) groups excluding carboxylic acids is 1. The van der Waals surface area contributed by atoms with Crippen molar-refractivity contribution in [1.82, 2.24) is 15.1 Å². The van der Waals surface area contributed by atoms with Crippen LogP contribution in [0.25, 0.3) is 0 Å². The molecular formula is C18H27IN6O. The lowest BCUT2D eigenvalue weighted by molar-refractivity contribution is -0.116. The molecule has 0 aliphatic carbocycles. The molecule has 26 heavy (non-hydrogen) atoms. The molecule has 0 saturated carbocycles. The van der Waals surface area contributed by atoms with Gasteiger partial charge in [-0.15, -0.1) is 24.0 Å². The molecule has 2 aromatic rings. The first kappa shape index (κ1) is 21.9. The number of aromatic nitrogens is 2. The maximum Gasteiger partial charge on any atom is 0.246 e. The van der Waals surface area contributed by atoms with Gasteiger partial charge < -0.3 is 16.4 Å². The van der Waals surface area contributed by atoms with Crippen LogP contribution in [0, 0.1) is 5.92 Å². The second-order valence-corrected chi connectivity index (χ2v) is 6.26. The number of aliphatic imine (C=N–C) groups is 1. The van der Waals surface area contributed by atoms with Crippen molar-refractivity contribution in [2.45, 2.75) is 33.4 Å². The van der Waals surface area contributed by atoms with E-state index in [2.05, 4.69) is 34.6 Å². The molecule has 0 spiro atoms. The van der Waals surface area contributed by atoms with Crippen LogP contribution in [0.3, 0.4) is 0 Å². The lowest BCUT2D eigenvalue weighted by Gasteiger charge is -2.08. The van der Waals surface area contributed by atoms with E-state index >= 15 is 0 Å². The van der Waals surface area contributed by atoms with Gasteiger partial charge in [0, 0.05) is 24.6 Å². The summed E-state index contributed by atoms with van der Waals surface area (Å²) in [5.74, 6) is 0.940.